The average molecular weight is 462 g/mol. The van der Waals surface area contributed by atoms with Crippen LogP contribution in [0.3, 0.4) is 0 Å². The fourth-order valence-electron chi connectivity index (χ4n) is 4.54. The minimum Gasteiger partial charge on any atom is -0.381 e. The van der Waals surface area contributed by atoms with Crippen molar-refractivity contribution in [2.45, 2.75) is 36.0 Å². The first-order valence-electron chi connectivity index (χ1n) is 10.9. The predicted molar refractivity (Wildman–Crippen MR) is 117 cm³/mol. The Morgan fingerprint density at radius 3 is 2.47 bits per heavy atom. The van der Waals surface area contributed by atoms with E-state index in [1.165, 1.54) is 34.9 Å². The van der Waals surface area contributed by atoms with Crippen molar-refractivity contribution >= 4 is 15.9 Å². The Morgan fingerprint density at radius 2 is 1.84 bits per heavy atom. The van der Waals surface area contributed by atoms with Gasteiger partial charge in [0.15, 0.2) is 0 Å². The van der Waals surface area contributed by atoms with Crippen molar-refractivity contribution in [2.75, 3.05) is 32.8 Å². The largest absolute Gasteiger partial charge is 0.381 e. The molecule has 7 nitrogen and oxygen atoms in total. The summed E-state index contributed by atoms with van der Waals surface area (Å²) in [4.78, 5) is 17.0. The number of hydrogen-bond acceptors (Lipinski definition) is 5. The lowest BCUT2D eigenvalue weighted by Crippen LogP contribution is -2.48. The summed E-state index contributed by atoms with van der Waals surface area (Å²) in [6, 6.07) is 9.60. The van der Waals surface area contributed by atoms with Crippen molar-refractivity contribution in [3.8, 4) is 0 Å². The van der Waals surface area contributed by atoms with E-state index in [4.69, 9.17) is 4.74 Å². The number of hydrogen-bond donors (Lipinski definition) is 1. The third-order valence-corrected chi connectivity index (χ3v) is 8.49. The van der Waals surface area contributed by atoms with E-state index in [0.717, 1.165) is 18.4 Å². The van der Waals surface area contributed by atoms with E-state index >= 15 is 0 Å². The molecule has 4 rings (SSSR count). The topological polar surface area (TPSA) is 88.6 Å². The van der Waals surface area contributed by atoms with Gasteiger partial charge in [-0.25, -0.2) is 12.8 Å². The molecule has 9 heteroatoms. The Kier molecular flexibility index (Phi) is 6.88. The van der Waals surface area contributed by atoms with Crippen molar-refractivity contribution in [1.29, 1.82) is 0 Å². The zero-order valence-electron chi connectivity index (χ0n) is 17.9. The molecule has 2 aromatic rings. The SMILES string of the molecule is O=C(NCC1(c2ccc(F)cc2)CCOCC1)C1CCN(S(=O)(=O)c2cccnc2)CC1. The monoisotopic (exact) mass is 461 g/mol. The fourth-order valence-corrected chi connectivity index (χ4v) is 5.98. The molecule has 1 amide bonds. The minimum atomic E-state index is -3.60. The number of aromatic nitrogens is 1. The predicted octanol–water partition coefficient (Wildman–Crippen LogP) is 2.49. The standard InChI is InChI=1S/C23H28FN3O4S/c24-20-5-3-19(4-6-20)23(9-14-31-15-10-23)17-26-22(28)18-7-12-27(13-8-18)32(29,30)21-2-1-11-25-16-21/h1-6,11,16,18H,7-10,12-15,17H2,(H,26,28). The fraction of sp³-hybridized carbons (Fsp3) is 0.478. The Morgan fingerprint density at radius 1 is 1.16 bits per heavy atom. The lowest BCUT2D eigenvalue weighted by Gasteiger charge is -2.38. The van der Waals surface area contributed by atoms with E-state index in [0.29, 0.717) is 45.7 Å². The first-order valence-corrected chi connectivity index (χ1v) is 12.4. The number of pyridine rings is 1. The van der Waals surface area contributed by atoms with Crippen LogP contribution < -0.4 is 5.32 Å². The first-order chi connectivity index (χ1) is 15.4. The van der Waals surface area contributed by atoms with Crippen molar-refractivity contribution < 1.29 is 22.3 Å². The number of ether oxygens (including phenoxy) is 1. The molecule has 0 unspecified atom stereocenters. The molecule has 32 heavy (non-hydrogen) atoms. The number of carbonyl (C=O) groups is 1. The molecule has 1 N–H and O–H groups in total. The number of halogens is 1. The molecule has 2 saturated heterocycles. The normalized spacial score (nSPS) is 20.0. The molecule has 0 bridgehead atoms. The lowest BCUT2D eigenvalue weighted by molar-refractivity contribution is -0.126. The molecule has 2 aliphatic heterocycles. The summed E-state index contributed by atoms with van der Waals surface area (Å²) in [6.45, 7) is 2.24. The molecule has 1 aromatic heterocycles. The van der Waals surface area contributed by atoms with Crippen LogP contribution in [0.15, 0.2) is 53.7 Å². The Bertz CT molecular complexity index is 1020. The van der Waals surface area contributed by atoms with Gasteiger partial charge in [0.25, 0.3) is 0 Å². The van der Waals surface area contributed by atoms with Gasteiger partial charge in [0.2, 0.25) is 15.9 Å². The Balaban J connectivity index is 1.37. The van der Waals surface area contributed by atoms with Crippen molar-refractivity contribution in [3.63, 3.8) is 0 Å². The van der Waals surface area contributed by atoms with Gasteiger partial charge in [0.1, 0.15) is 10.7 Å². The molecule has 0 aliphatic carbocycles. The second-order valence-corrected chi connectivity index (χ2v) is 10.4. The van der Waals surface area contributed by atoms with Crippen LogP contribution in [0.1, 0.15) is 31.2 Å². The lowest BCUT2D eigenvalue weighted by atomic mass is 9.74. The number of carbonyl (C=O) groups excluding carboxylic acids is 1. The van der Waals surface area contributed by atoms with Crippen LogP contribution in [0.2, 0.25) is 0 Å². The van der Waals surface area contributed by atoms with Crippen molar-refractivity contribution in [3.05, 3.63) is 60.2 Å². The van der Waals surface area contributed by atoms with Crippen LogP contribution in [0.25, 0.3) is 0 Å². The second-order valence-electron chi connectivity index (χ2n) is 8.48. The van der Waals surface area contributed by atoms with Gasteiger partial charge < -0.3 is 10.1 Å². The molecule has 1 aromatic carbocycles. The number of nitrogens with zero attached hydrogens (tertiary/aromatic N) is 2. The molecule has 3 heterocycles. The van der Waals surface area contributed by atoms with Gasteiger partial charge >= 0.3 is 0 Å². The van der Waals surface area contributed by atoms with Crippen molar-refractivity contribution in [2.24, 2.45) is 5.92 Å². The number of sulfonamides is 1. The summed E-state index contributed by atoms with van der Waals surface area (Å²) in [5.74, 6) is -0.579. The third-order valence-electron chi connectivity index (χ3n) is 6.60. The van der Waals surface area contributed by atoms with Gasteiger partial charge in [0, 0.05) is 56.6 Å². The molecular formula is C23H28FN3O4S. The third kappa shape index (κ3) is 4.84. The smallest absolute Gasteiger partial charge is 0.244 e. The number of amides is 1. The van der Waals surface area contributed by atoms with Crippen LogP contribution in [-0.2, 0) is 25.0 Å². The molecule has 2 fully saturated rings. The number of rotatable bonds is 6. The summed E-state index contributed by atoms with van der Waals surface area (Å²) in [5.41, 5.74) is 0.714. The zero-order valence-corrected chi connectivity index (χ0v) is 18.7. The van der Waals surface area contributed by atoms with E-state index in [2.05, 4.69) is 10.3 Å². The molecule has 0 atom stereocenters. The van der Waals surface area contributed by atoms with E-state index in [1.54, 1.807) is 18.2 Å². The Labute approximate surface area is 188 Å². The average Bonchev–Trinajstić information content (AvgIpc) is 2.84. The highest BCUT2D eigenvalue weighted by Gasteiger charge is 2.37. The molecule has 0 spiro atoms. The van der Waals surface area contributed by atoms with Gasteiger partial charge in [0.05, 0.1) is 0 Å². The molecule has 0 radical (unpaired) electrons. The van der Waals surface area contributed by atoms with Gasteiger partial charge in [-0.05, 0) is 55.5 Å². The highest BCUT2D eigenvalue weighted by Crippen LogP contribution is 2.34. The van der Waals surface area contributed by atoms with Gasteiger partial charge in [-0.15, -0.1) is 0 Å². The maximum atomic E-state index is 13.4. The van der Waals surface area contributed by atoms with Gasteiger partial charge in [-0.1, -0.05) is 12.1 Å². The van der Waals surface area contributed by atoms with E-state index in [1.807, 2.05) is 0 Å². The van der Waals surface area contributed by atoms with E-state index in [-0.39, 0.29) is 28.0 Å². The van der Waals surface area contributed by atoms with E-state index < -0.39 is 10.0 Å². The number of benzene rings is 1. The second kappa shape index (κ2) is 9.64. The van der Waals surface area contributed by atoms with Crippen LogP contribution in [-0.4, -0.2) is 56.5 Å². The van der Waals surface area contributed by atoms with Crippen molar-refractivity contribution in [1.82, 2.24) is 14.6 Å². The number of nitrogens with one attached hydrogen (secondary N) is 1. The van der Waals surface area contributed by atoms with Crippen LogP contribution in [0, 0.1) is 11.7 Å². The summed E-state index contributed by atoms with van der Waals surface area (Å²) < 4.78 is 45.9. The van der Waals surface area contributed by atoms with E-state index in [9.17, 15) is 17.6 Å². The highest BCUT2D eigenvalue weighted by molar-refractivity contribution is 7.89. The molecule has 0 saturated carbocycles. The maximum Gasteiger partial charge on any atom is 0.244 e. The quantitative estimate of drug-likeness (QED) is 0.714. The summed E-state index contributed by atoms with van der Waals surface area (Å²) in [5, 5.41) is 3.10. The van der Waals surface area contributed by atoms with Crippen LogP contribution in [0.4, 0.5) is 4.39 Å². The van der Waals surface area contributed by atoms with Crippen LogP contribution in [0.5, 0.6) is 0 Å². The highest BCUT2D eigenvalue weighted by atomic mass is 32.2. The number of piperidine rings is 1. The van der Waals surface area contributed by atoms with Crippen LogP contribution >= 0.6 is 0 Å². The van der Waals surface area contributed by atoms with Gasteiger partial charge in [-0.2, -0.15) is 4.31 Å². The zero-order chi connectivity index (χ0) is 22.6. The molecule has 2 aliphatic rings. The van der Waals surface area contributed by atoms with Gasteiger partial charge in [-0.3, -0.25) is 9.78 Å². The minimum absolute atomic E-state index is 0.0589. The molecular weight excluding hydrogens is 433 g/mol. The molecule has 172 valence electrons. The maximum absolute atomic E-state index is 13.4. The summed E-state index contributed by atoms with van der Waals surface area (Å²) >= 11 is 0. The first kappa shape index (κ1) is 22.8. The Hall–Kier alpha value is -2.36. The summed E-state index contributed by atoms with van der Waals surface area (Å²) in [6.07, 6.45) is 5.32. The summed E-state index contributed by atoms with van der Waals surface area (Å²) in [7, 11) is -3.60.